The van der Waals surface area contributed by atoms with Crippen molar-refractivity contribution in [2.24, 2.45) is 0 Å². The molecule has 1 saturated heterocycles. The van der Waals surface area contributed by atoms with Crippen LogP contribution in [-0.4, -0.2) is 26.8 Å². The second kappa shape index (κ2) is 6.72. The molecule has 2 rings (SSSR count). The quantitative estimate of drug-likeness (QED) is 0.821. The normalized spacial score (nSPS) is 22.9. The second-order valence-electron chi connectivity index (χ2n) is 4.75. The Morgan fingerprint density at radius 3 is 2.75 bits per heavy atom. The van der Waals surface area contributed by atoms with Crippen molar-refractivity contribution in [3.63, 3.8) is 0 Å². The molecule has 0 spiro atoms. The van der Waals surface area contributed by atoms with E-state index in [1.165, 1.54) is 0 Å². The summed E-state index contributed by atoms with van der Waals surface area (Å²) in [7, 11) is -3.30. The van der Waals surface area contributed by atoms with E-state index in [0.717, 1.165) is 5.56 Å². The molecule has 0 bridgehead atoms. The van der Waals surface area contributed by atoms with Crippen LogP contribution in [-0.2, 0) is 14.8 Å². The van der Waals surface area contributed by atoms with Crippen molar-refractivity contribution < 1.29 is 13.2 Å². The maximum absolute atomic E-state index is 11.9. The standard InChI is InChI=1S/C14H18ClNO3S/c1-2-3-10-20(17,18)16-13-8-9-19-14(13)11-4-6-12(15)7-5-11/h2,4-7,13-14,16H,1,3,8-10H2/t13-,14+/m0/s1. The molecule has 1 N–H and O–H groups in total. The zero-order valence-corrected chi connectivity index (χ0v) is 12.7. The Balaban J connectivity index is 2.07. The number of nitrogens with one attached hydrogen (secondary N) is 1. The van der Waals surface area contributed by atoms with Gasteiger partial charge in [0.2, 0.25) is 10.0 Å². The highest BCUT2D eigenvalue weighted by atomic mass is 35.5. The third kappa shape index (κ3) is 4.06. The monoisotopic (exact) mass is 315 g/mol. The van der Waals surface area contributed by atoms with Crippen LogP contribution in [0.15, 0.2) is 36.9 Å². The van der Waals surface area contributed by atoms with Crippen LogP contribution in [0, 0.1) is 0 Å². The van der Waals surface area contributed by atoms with Crippen LogP contribution in [0.25, 0.3) is 0 Å². The molecule has 1 fully saturated rings. The van der Waals surface area contributed by atoms with Gasteiger partial charge in [0.25, 0.3) is 0 Å². The fourth-order valence-electron chi connectivity index (χ4n) is 2.22. The highest BCUT2D eigenvalue weighted by molar-refractivity contribution is 7.89. The first-order valence-electron chi connectivity index (χ1n) is 6.50. The van der Waals surface area contributed by atoms with Gasteiger partial charge in [0.15, 0.2) is 0 Å². The molecule has 1 heterocycles. The summed E-state index contributed by atoms with van der Waals surface area (Å²) in [6, 6.07) is 7.06. The van der Waals surface area contributed by atoms with Crippen molar-refractivity contribution in [2.45, 2.75) is 25.0 Å². The molecule has 0 aliphatic carbocycles. The lowest BCUT2D eigenvalue weighted by Gasteiger charge is -2.20. The van der Waals surface area contributed by atoms with Gasteiger partial charge in [-0.15, -0.1) is 6.58 Å². The summed E-state index contributed by atoms with van der Waals surface area (Å²) in [6.07, 6.45) is 2.45. The molecule has 6 heteroatoms. The fourth-order valence-corrected chi connectivity index (χ4v) is 3.64. The van der Waals surface area contributed by atoms with Gasteiger partial charge in [-0.05, 0) is 30.5 Å². The smallest absolute Gasteiger partial charge is 0.212 e. The van der Waals surface area contributed by atoms with Gasteiger partial charge < -0.3 is 4.74 Å². The predicted octanol–water partition coefficient (Wildman–Crippen LogP) is 2.67. The van der Waals surface area contributed by atoms with E-state index in [1.54, 1.807) is 18.2 Å². The highest BCUT2D eigenvalue weighted by Gasteiger charge is 2.32. The third-order valence-corrected chi connectivity index (χ3v) is 4.90. The largest absolute Gasteiger partial charge is 0.372 e. The average Bonchev–Trinajstić information content (AvgIpc) is 2.85. The number of hydrogen-bond acceptors (Lipinski definition) is 3. The SMILES string of the molecule is C=CCCS(=O)(=O)N[C@H]1CCO[C@@H]1c1ccc(Cl)cc1. The lowest BCUT2D eigenvalue weighted by molar-refractivity contribution is 0.102. The molecule has 0 radical (unpaired) electrons. The van der Waals surface area contributed by atoms with Gasteiger partial charge in [0, 0.05) is 11.6 Å². The van der Waals surface area contributed by atoms with Crippen molar-refractivity contribution in [1.82, 2.24) is 4.72 Å². The zero-order chi connectivity index (χ0) is 14.6. The minimum atomic E-state index is -3.30. The first-order chi connectivity index (χ1) is 9.52. The van der Waals surface area contributed by atoms with Crippen molar-refractivity contribution in [1.29, 1.82) is 0 Å². The van der Waals surface area contributed by atoms with Gasteiger partial charge in [-0.25, -0.2) is 13.1 Å². The summed E-state index contributed by atoms with van der Waals surface area (Å²) in [6.45, 7) is 4.08. The maximum Gasteiger partial charge on any atom is 0.212 e. The van der Waals surface area contributed by atoms with E-state index in [2.05, 4.69) is 11.3 Å². The van der Waals surface area contributed by atoms with Crippen LogP contribution in [0.2, 0.25) is 5.02 Å². The summed E-state index contributed by atoms with van der Waals surface area (Å²) in [5.41, 5.74) is 0.934. The number of rotatable bonds is 6. The van der Waals surface area contributed by atoms with Gasteiger partial charge in [-0.3, -0.25) is 0 Å². The summed E-state index contributed by atoms with van der Waals surface area (Å²) in [5.74, 6) is 0.0559. The molecule has 0 unspecified atom stereocenters. The van der Waals surface area contributed by atoms with Gasteiger partial charge in [0.05, 0.1) is 17.9 Å². The minimum absolute atomic E-state index is 0.0559. The van der Waals surface area contributed by atoms with Crippen molar-refractivity contribution in [3.05, 3.63) is 47.5 Å². The lowest BCUT2D eigenvalue weighted by Crippen LogP contribution is -2.38. The van der Waals surface area contributed by atoms with Crippen LogP contribution < -0.4 is 4.72 Å². The maximum atomic E-state index is 11.9. The van der Waals surface area contributed by atoms with Gasteiger partial charge in [-0.1, -0.05) is 29.8 Å². The predicted molar refractivity (Wildman–Crippen MR) is 80.3 cm³/mol. The van der Waals surface area contributed by atoms with Crippen LogP contribution in [0.3, 0.4) is 0 Å². The van der Waals surface area contributed by atoms with Gasteiger partial charge in [0.1, 0.15) is 0 Å². The van der Waals surface area contributed by atoms with E-state index in [9.17, 15) is 8.42 Å². The molecule has 110 valence electrons. The summed E-state index contributed by atoms with van der Waals surface area (Å²) in [5, 5.41) is 0.648. The highest BCUT2D eigenvalue weighted by Crippen LogP contribution is 2.30. The topological polar surface area (TPSA) is 55.4 Å². The first kappa shape index (κ1) is 15.5. The number of ether oxygens (including phenoxy) is 1. The summed E-state index contributed by atoms with van der Waals surface area (Å²) >= 11 is 5.86. The summed E-state index contributed by atoms with van der Waals surface area (Å²) in [4.78, 5) is 0. The van der Waals surface area contributed by atoms with Crippen molar-refractivity contribution in [2.75, 3.05) is 12.4 Å². The van der Waals surface area contributed by atoms with E-state index in [4.69, 9.17) is 16.3 Å². The van der Waals surface area contributed by atoms with Crippen LogP contribution in [0.4, 0.5) is 0 Å². The van der Waals surface area contributed by atoms with Crippen LogP contribution in [0.5, 0.6) is 0 Å². The Kier molecular flexibility index (Phi) is 5.21. The van der Waals surface area contributed by atoms with E-state index in [-0.39, 0.29) is 17.9 Å². The Labute approximate surface area is 124 Å². The Morgan fingerprint density at radius 2 is 2.10 bits per heavy atom. The van der Waals surface area contributed by atoms with E-state index in [1.807, 2.05) is 12.1 Å². The zero-order valence-electron chi connectivity index (χ0n) is 11.1. The first-order valence-corrected chi connectivity index (χ1v) is 8.53. The van der Waals surface area contributed by atoms with Crippen LogP contribution in [0.1, 0.15) is 24.5 Å². The van der Waals surface area contributed by atoms with Crippen LogP contribution >= 0.6 is 11.6 Å². The second-order valence-corrected chi connectivity index (χ2v) is 7.06. The Morgan fingerprint density at radius 1 is 1.40 bits per heavy atom. The fraction of sp³-hybridized carbons (Fsp3) is 0.429. The van der Waals surface area contributed by atoms with Crippen molar-refractivity contribution >= 4 is 21.6 Å². The molecule has 20 heavy (non-hydrogen) atoms. The molecule has 1 aromatic carbocycles. The number of hydrogen-bond donors (Lipinski definition) is 1. The van der Waals surface area contributed by atoms with E-state index in [0.29, 0.717) is 24.5 Å². The molecule has 0 aromatic heterocycles. The lowest BCUT2D eigenvalue weighted by atomic mass is 10.0. The molecule has 1 aromatic rings. The molecule has 4 nitrogen and oxygen atoms in total. The number of allylic oxidation sites excluding steroid dienone is 1. The van der Waals surface area contributed by atoms with E-state index >= 15 is 0 Å². The molecule has 1 aliphatic heterocycles. The molecule has 2 atom stereocenters. The summed E-state index contributed by atoms with van der Waals surface area (Å²) < 4.78 is 32.3. The van der Waals surface area contributed by atoms with E-state index < -0.39 is 10.0 Å². The number of sulfonamides is 1. The van der Waals surface area contributed by atoms with Crippen molar-refractivity contribution in [3.8, 4) is 0 Å². The average molecular weight is 316 g/mol. The third-order valence-electron chi connectivity index (χ3n) is 3.21. The molecular weight excluding hydrogens is 298 g/mol. The number of halogens is 1. The van der Waals surface area contributed by atoms with Gasteiger partial charge >= 0.3 is 0 Å². The molecule has 1 aliphatic rings. The Bertz CT molecular complexity index is 556. The molecular formula is C14H18ClNO3S. The molecule has 0 saturated carbocycles. The van der Waals surface area contributed by atoms with Gasteiger partial charge in [-0.2, -0.15) is 0 Å². The minimum Gasteiger partial charge on any atom is -0.372 e. The number of benzene rings is 1. The molecule has 0 amide bonds. The Hall–Kier alpha value is -0.880.